The van der Waals surface area contributed by atoms with Gasteiger partial charge in [0.05, 0.1) is 18.8 Å². The number of anilines is 1. The fourth-order valence-electron chi connectivity index (χ4n) is 3.76. The number of carbonyl (C=O) groups excluding carboxylic acids is 2. The first-order valence-corrected chi connectivity index (χ1v) is 10.0. The summed E-state index contributed by atoms with van der Waals surface area (Å²) < 4.78 is 5.12. The number of ether oxygens (including phenoxy) is 1. The van der Waals surface area contributed by atoms with Gasteiger partial charge in [0.15, 0.2) is 0 Å². The molecule has 0 saturated carbocycles. The molecule has 1 aliphatic heterocycles. The van der Waals surface area contributed by atoms with Gasteiger partial charge in [-0.3, -0.25) is 9.69 Å². The van der Waals surface area contributed by atoms with Gasteiger partial charge in [-0.2, -0.15) is 0 Å². The minimum atomic E-state index is -0.527. The lowest BCUT2D eigenvalue weighted by Crippen LogP contribution is -2.44. The van der Waals surface area contributed by atoms with Crippen molar-refractivity contribution < 1.29 is 19.4 Å². The standard InChI is InChI=1S/C20H26ClN3O4/c1-2-28-20(27)19-18(15-11-13(21)6-7-16(15)22-19)23-17(26)12-24-9-4-3-5-14(24)8-10-25/h6-7,11,14,22,25H,2-5,8-10,12H2,1H3,(H,23,26). The van der Waals surface area contributed by atoms with Crippen LogP contribution >= 0.6 is 11.6 Å². The summed E-state index contributed by atoms with van der Waals surface area (Å²) in [5.41, 5.74) is 1.29. The van der Waals surface area contributed by atoms with Crippen LogP contribution in [0.25, 0.3) is 10.9 Å². The average molecular weight is 408 g/mol. The van der Waals surface area contributed by atoms with E-state index in [1.807, 2.05) is 0 Å². The molecule has 1 unspecified atom stereocenters. The quantitative estimate of drug-likeness (QED) is 0.613. The minimum Gasteiger partial charge on any atom is -0.461 e. The Labute approximate surface area is 169 Å². The van der Waals surface area contributed by atoms with Crippen molar-refractivity contribution in [2.75, 3.05) is 31.6 Å². The molecule has 152 valence electrons. The number of hydrogen-bond acceptors (Lipinski definition) is 5. The number of piperidine rings is 1. The number of aliphatic hydroxyl groups excluding tert-OH is 1. The fraction of sp³-hybridized carbons (Fsp3) is 0.500. The Balaban J connectivity index is 1.83. The van der Waals surface area contributed by atoms with E-state index >= 15 is 0 Å². The van der Waals surface area contributed by atoms with Crippen molar-refractivity contribution in [3.63, 3.8) is 0 Å². The minimum absolute atomic E-state index is 0.108. The summed E-state index contributed by atoms with van der Waals surface area (Å²) in [6, 6.07) is 5.39. The number of benzene rings is 1. The summed E-state index contributed by atoms with van der Waals surface area (Å²) >= 11 is 6.11. The second kappa shape index (κ2) is 9.41. The third-order valence-corrected chi connectivity index (χ3v) is 5.30. The smallest absolute Gasteiger partial charge is 0.356 e. The molecule has 0 aliphatic carbocycles. The second-order valence-corrected chi connectivity index (χ2v) is 7.40. The molecule has 0 radical (unpaired) electrons. The van der Waals surface area contributed by atoms with E-state index in [1.54, 1.807) is 25.1 Å². The van der Waals surface area contributed by atoms with Crippen LogP contribution in [0.1, 0.15) is 43.1 Å². The van der Waals surface area contributed by atoms with E-state index in [0.29, 0.717) is 28.0 Å². The molecular formula is C20H26ClN3O4. The second-order valence-electron chi connectivity index (χ2n) is 6.97. The summed E-state index contributed by atoms with van der Waals surface area (Å²) in [5, 5.41) is 13.3. The number of nitrogens with zero attached hydrogens (tertiary/aromatic N) is 1. The summed E-state index contributed by atoms with van der Waals surface area (Å²) in [5.74, 6) is -0.738. The van der Waals surface area contributed by atoms with Crippen LogP contribution in [0, 0.1) is 0 Å². The molecule has 1 aromatic carbocycles. The summed E-state index contributed by atoms with van der Waals surface area (Å²) in [6.07, 6.45) is 3.78. The van der Waals surface area contributed by atoms with E-state index < -0.39 is 5.97 Å². The molecule has 1 aliphatic rings. The lowest BCUT2D eigenvalue weighted by atomic mass is 9.99. The first-order chi connectivity index (χ1) is 13.5. The monoisotopic (exact) mass is 407 g/mol. The van der Waals surface area contributed by atoms with Crippen LogP contribution in [0.4, 0.5) is 5.69 Å². The van der Waals surface area contributed by atoms with Crippen LogP contribution in [0.15, 0.2) is 18.2 Å². The average Bonchev–Trinajstić information content (AvgIpc) is 3.01. The van der Waals surface area contributed by atoms with Crippen molar-refractivity contribution in [3.8, 4) is 0 Å². The van der Waals surface area contributed by atoms with E-state index in [-0.39, 0.29) is 37.4 Å². The van der Waals surface area contributed by atoms with Crippen LogP contribution in [0.2, 0.25) is 5.02 Å². The zero-order chi connectivity index (χ0) is 20.1. The number of rotatable bonds is 7. The number of likely N-dealkylation sites (tertiary alicyclic amines) is 1. The summed E-state index contributed by atoms with van der Waals surface area (Å²) in [4.78, 5) is 30.2. The van der Waals surface area contributed by atoms with Crippen LogP contribution in [0.3, 0.4) is 0 Å². The molecule has 1 amide bonds. The third-order valence-electron chi connectivity index (χ3n) is 5.06. The molecule has 0 spiro atoms. The van der Waals surface area contributed by atoms with Gasteiger partial charge < -0.3 is 20.1 Å². The van der Waals surface area contributed by atoms with Crippen molar-refractivity contribution in [2.24, 2.45) is 0 Å². The van der Waals surface area contributed by atoms with Gasteiger partial charge in [0.1, 0.15) is 5.69 Å². The van der Waals surface area contributed by atoms with Crippen LogP contribution in [-0.2, 0) is 9.53 Å². The Hall–Kier alpha value is -2.09. The summed E-state index contributed by atoms with van der Waals surface area (Å²) in [6.45, 7) is 3.10. The van der Waals surface area contributed by atoms with Crippen LogP contribution in [-0.4, -0.2) is 59.2 Å². The molecule has 8 heteroatoms. The first-order valence-electron chi connectivity index (χ1n) is 9.66. The number of nitrogens with one attached hydrogen (secondary N) is 2. The Morgan fingerprint density at radius 2 is 2.21 bits per heavy atom. The highest BCUT2D eigenvalue weighted by Crippen LogP contribution is 2.31. The maximum absolute atomic E-state index is 12.8. The van der Waals surface area contributed by atoms with E-state index in [0.717, 1.165) is 25.8 Å². The molecule has 1 fully saturated rings. The number of esters is 1. The maximum atomic E-state index is 12.8. The van der Waals surface area contributed by atoms with Gasteiger partial charge in [0.25, 0.3) is 0 Å². The molecule has 3 N–H and O–H groups in total. The zero-order valence-electron chi connectivity index (χ0n) is 16.0. The number of H-pyrrole nitrogens is 1. The van der Waals surface area contributed by atoms with Crippen molar-refractivity contribution >= 4 is 40.1 Å². The Morgan fingerprint density at radius 3 is 2.96 bits per heavy atom. The van der Waals surface area contributed by atoms with Crippen molar-refractivity contribution in [2.45, 2.75) is 38.6 Å². The number of halogens is 1. The number of fused-ring (bicyclic) bond motifs is 1. The van der Waals surface area contributed by atoms with Gasteiger partial charge in [0, 0.05) is 28.6 Å². The van der Waals surface area contributed by atoms with Crippen molar-refractivity contribution in [1.29, 1.82) is 0 Å². The molecule has 2 heterocycles. The molecule has 7 nitrogen and oxygen atoms in total. The number of amides is 1. The van der Waals surface area contributed by atoms with Gasteiger partial charge in [-0.05, 0) is 50.9 Å². The van der Waals surface area contributed by atoms with Gasteiger partial charge in [0.2, 0.25) is 5.91 Å². The molecule has 28 heavy (non-hydrogen) atoms. The highest BCUT2D eigenvalue weighted by molar-refractivity contribution is 6.31. The normalized spacial score (nSPS) is 17.6. The zero-order valence-corrected chi connectivity index (χ0v) is 16.7. The topological polar surface area (TPSA) is 94.7 Å². The highest BCUT2D eigenvalue weighted by Gasteiger charge is 2.26. The molecule has 3 rings (SSSR count). The van der Waals surface area contributed by atoms with E-state index in [4.69, 9.17) is 16.3 Å². The molecule has 1 atom stereocenters. The number of aromatic amines is 1. The molecule has 2 aromatic rings. The predicted molar refractivity (Wildman–Crippen MR) is 109 cm³/mol. The van der Waals surface area contributed by atoms with Gasteiger partial charge in [-0.15, -0.1) is 0 Å². The van der Waals surface area contributed by atoms with Gasteiger partial charge in [-0.25, -0.2) is 4.79 Å². The lowest BCUT2D eigenvalue weighted by Gasteiger charge is -2.34. The lowest BCUT2D eigenvalue weighted by molar-refractivity contribution is -0.118. The van der Waals surface area contributed by atoms with E-state index in [2.05, 4.69) is 15.2 Å². The number of aromatic nitrogens is 1. The SMILES string of the molecule is CCOC(=O)c1[nH]c2ccc(Cl)cc2c1NC(=O)CN1CCCCC1CCO. The Kier molecular flexibility index (Phi) is 6.93. The Bertz CT molecular complexity index is 849. The van der Waals surface area contributed by atoms with E-state index in [9.17, 15) is 14.7 Å². The largest absolute Gasteiger partial charge is 0.461 e. The Morgan fingerprint density at radius 1 is 1.39 bits per heavy atom. The van der Waals surface area contributed by atoms with Gasteiger partial charge in [-0.1, -0.05) is 18.0 Å². The van der Waals surface area contributed by atoms with Crippen LogP contribution < -0.4 is 5.32 Å². The molecule has 0 bridgehead atoms. The van der Waals surface area contributed by atoms with E-state index in [1.165, 1.54) is 0 Å². The molecule has 1 saturated heterocycles. The fourth-order valence-corrected chi connectivity index (χ4v) is 3.93. The summed E-state index contributed by atoms with van der Waals surface area (Å²) in [7, 11) is 0. The number of hydrogen-bond donors (Lipinski definition) is 3. The van der Waals surface area contributed by atoms with Gasteiger partial charge >= 0.3 is 5.97 Å². The third kappa shape index (κ3) is 4.66. The highest BCUT2D eigenvalue weighted by atomic mass is 35.5. The maximum Gasteiger partial charge on any atom is 0.356 e. The number of carbonyl (C=O) groups is 2. The predicted octanol–water partition coefficient (Wildman–Crippen LogP) is 3.17. The molecule has 1 aromatic heterocycles. The van der Waals surface area contributed by atoms with Crippen molar-refractivity contribution in [1.82, 2.24) is 9.88 Å². The number of aliphatic hydroxyl groups is 1. The first kappa shape index (κ1) is 20.6. The molecular weight excluding hydrogens is 382 g/mol. The van der Waals surface area contributed by atoms with Crippen LogP contribution in [0.5, 0.6) is 0 Å². The van der Waals surface area contributed by atoms with Crippen molar-refractivity contribution in [3.05, 3.63) is 28.9 Å².